The van der Waals surface area contributed by atoms with Crippen molar-refractivity contribution in [1.82, 2.24) is 15.1 Å². The average Bonchev–Trinajstić information content (AvgIpc) is 2.47. The number of carbonyl (C=O) groups excluding carboxylic acids is 2. The number of benzene rings is 1. The topological polar surface area (TPSA) is 52.7 Å². The summed E-state index contributed by atoms with van der Waals surface area (Å²) in [6.07, 6.45) is 0.741. The standard InChI is InChI=1S/C15H21N3O2/c1-17(2)15(20)14-9-12(3-4-13(14)11-19)10-18-7-5-16-6-8-18/h3-4,9,11,16H,5-8,10H2,1-2H3. The maximum absolute atomic E-state index is 12.1. The molecule has 1 fully saturated rings. The Morgan fingerprint density at radius 3 is 2.65 bits per heavy atom. The van der Waals surface area contributed by atoms with E-state index in [4.69, 9.17) is 0 Å². The van der Waals surface area contributed by atoms with Crippen molar-refractivity contribution in [3.8, 4) is 0 Å². The minimum absolute atomic E-state index is 0.130. The van der Waals surface area contributed by atoms with E-state index in [0.717, 1.165) is 44.6 Å². The number of amides is 1. The van der Waals surface area contributed by atoms with Crippen LogP contribution >= 0.6 is 0 Å². The highest BCUT2D eigenvalue weighted by atomic mass is 16.2. The second kappa shape index (κ2) is 6.63. The van der Waals surface area contributed by atoms with Gasteiger partial charge >= 0.3 is 0 Å². The van der Waals surface area contributed by atoms with E-state index in [9.17, 15) is 9.59 Å². The molecule has 1 aromatic rings. The van der Waals surface area contributed by atoms with Gasteiger partial charge in [-0.3, -0.25) is 14.5 Å². The predicted molar refractivity (Wildman–Crippen MR) is 78.0 cm³/mol. The average molecular weight is 275 g/mol. The second-order valence-corrected chi connectivity index (χ2v) is 5.27. The summed E-state index contributed by atoms with van der Waals surface area (Å²) >= 11 is 0. The van der Waals surface area contributed by atoms with Crippen LogP contribution in [0.5, 0.6) is 0 Å². The summed E-state index contributed by atoms with van der Waals surface area (Å²) in [5, 5.41) is 3.31. The third-order valence-electron chi connectivity index (χ3n) is 3.50. The molecule has 0 aliphatic carbocycles. The van der Waals surface area contributed by atoms with Crippen molar-refractivity contribution >= 4 is 12.2 Å². The minimum atomic E-state index is -0.130. The highest BCUT2D eigenvalue weighted by molar-refractivity contribution is 6.01. The van der Waals surface area contributed by atoms with Crippen LogP contribution in [-0.2, 0) is 6.54 Å². The zero-order chi connectivity index (χ0) is 14.5. The lowest BCUT2D eigenvalue weighted by molar-refractivity contribution is 0.0824. The number of nitrogens with one attached hydrogen (secondary N) is 1. The van der Waals surface area contributed by atoms with E-state index in [2.05, 4.69) is 10.2 Å². The molecule has 0 bridgehead atoms. The van der Waals surface area contributed by atoms with Crippen molar-refractivity contribution in [2.75, 3.05) is 40.3 Å². The number of carbonyl (C=O) groups is 2. The van der Waals surface area contributed by atoms with E-state index in [1.54, 1.807) is 20.2 Å². The van der Waals surface area contributed by atoms with Gasteiger partial charge in [-0.05, 0) is 11.6 Å². The van der Waals surface area contributed by atoms with E-state index in [0.29, 0.717) is 11.1 Å². The fourth-order valence-electron chi connectivity index (χ4n) is 2.36. The van der Waals surface area contributed by atoms with Crippen LogP contribution in [-0.4, -0.2) is 62.3 Å². The molecule has 5 heteroatoms. The monoisotopic (exact) mass is 275 g/mol. The fourth-order valence-corrected chi connectivity index (χ4v) is 2.36. The molecule has 1 saturated heterocycles. The van der Waals surface area contributed by atoms with Crippen LogP contribution in [0.15, 0.2) is 18.2 Å². The molecule has 20 heavy (non-hydrogen) atoms. The van der Waals surface area contributed by atoms with Crippen LogP contribution in [0, 0.1) is 0 Å². The van der Waals surface area contributed by atoms with Crippen LogP contribution in [0.2, 0.25) is 0 Å². The molecule has 2 rings (SSSR count). The molecule has 0 unspecified atom stereocenters. The van der Waals surface area contributed by atoms with Gasteiger partial charge in [0, 0.05) is 52.4 Å². The van der Waals surface area contributed by atoms with Crippen molar-refractivity contribution < 1.29 is 9.59 Å². The first-order valence-electron chi connectivity index (χ1n) is 6.84. The highest BCUT2D eigenvalue weighted by Crippen LogP contribution is 2.14. The van der Waals surface area contributed by atoms with Crippen molar-refractivity contribution in [2.24, 2.45) is 0 Å². The first kappa shape index (κ1) is 14.7. The molecule has 0 radical (unpaired) electrons. The molecule has 1 aliphatic heterocycles. The first-order chi connectivity index (χ1) is 9.61. The summed E-state index contributed by atoms with van der Waals surface area (Å²) in [6, 6.07) is 5.51. The Bertz CT molecular complexity index is 494. The SMILES string of the molecule is CN(C)C(=O)c1cc(CN2CCNCC2)ccc1C=O. The summed E-state index contributed by atoms with van der Waals surface area (Å²) in [6.45, 7) is 4.82. The van der Waals surface area contributed by atoms with Crippen LogP contribution in [0.3, 0.4) is 0 Å². The number of rotatable bonds is 4. The Kier molecular flexibility index (Phi) is 4.87. The van der Waals surface area contributed by atoms with Gasteiger partial charge in [0.1, 0.15) is 0 Å². The van der Waals surface area contributed by atoms with Gasteiger partial charge in [0.05, 0.1) is 5.56 Å². The minimum Gasteiger partial charge on any atom is -0.345 e. The Morgan fingerprint density at radius 2 is 2.05 bits per heavy atom. The smallest absolute Gasteiger partial charge is 0.254 e. The molecule has 1 heterocycles. The van der Waals surface area contributed by atoms with Gasteiger partial charge in [0.25, 0.3) is 5.91 Å². The molecular formula is C15H21N3O2. The van der Waals surface area contributed by atoms with Gasteiger partial charge in [-0.25, -0.2) is 0 Å². The molecular weight excluding hydrogens is 254 g/mol. The predicted octanol–water partition coefficient (Wildman–Crippen LogP) is 0.606. The Labute approximate surface area is 119 Å². The Morgan fingerprint density at radius 1 is 1.35 bits per heavy atom. The second-order valence-electron chi connectivity index (χ2n) is 5.27. The van der Waals surface area contributed by atoms with Crippen LogP contribution in [0.4, 0.5) is 0 Å². The van der Waals surface area contributed by atoms with Gasteiger partial charge in [-0.2, -0.15) is 0 Å². The van der Waals surface area contributed by atoms with Gasteiger partial charge in [0.15, 0.2) is 6.29 Å². The summed E-state index contributed by atoms with van der Waals surface area (Å²) in [5.74, 6) is -0.130. The van der Waals surface area contributed by atoms with Gasteiger partial charge < -0.3 is 10.2 Å². The Hall–Kier alpha value is -1.72. The summed E-state index contributed by atoms with van der Waals surface area (Å²) < 4.78 is 0. The lowest BCUT2D eigenvalue weighted by Crippen LogP contribution is -2.42. The van der Waals surface area contributed by atoms with Gasteiger partial charge in [0.2, 0.25) is 0 Å². The van der Waals surface area contributed by atoms with E-state index in [1.165, 1.54) is 4.90 Å². The molecule has 5 nitrogen and oxygen atoms in total. The molecule has 0 atom stereocenters. The molecule has 1 aliphatic rings. The van der Waals surface area contributed by atoms with E-state index >= 15 is 0 Å². The maximum atomic E-state index is 12.1. The largest absolute Gasteiger partial charge is 0.345 e. The van der Waals surface area contributed by atoms with E-state index in [1.807, 2.05) is 12.1 Å². The van der Waals surface area contributed by atoms with Crippen LogP contribution in [0.25, 0.3) is 0 Å². The number of piperazine rings is 1. The molecule has 1 N–H and O–H groups in total. The van der Waals surface area contributed by atoms with Gasteiger partial charge in [-0.1, -0.05) is 12.1 Å². The first-order valence-corrected chi connectivity index (χ1v) is 6.84. The number of aldehydes is 1. The van der Waals surface area contributed by atoms with Crippen molar-refractivity contribution in [3.63, 3.8) is 0 Å². The Balaban J connectivity index is 2.20. The molecule has 0 spiro atoms. The van der Waals surface area contributed by atoms with Crippen molar-refractivity contribution in [3.05, 3.63) is 34.9 Å². The molecule has 108 valence electrons. The maximum Gasteiger partial charge on any atom is 0.254 e. The quantitative estimate of drug-likeness (QED) is 0.818. The normalized spacial score (nSPS) is 15.9. The number of nitrogens with zero attached hydrogens (tertiary/aromatic N) is 2. The lowest BCUT2D eigenvalue weighted by Gasteiger charge is -2.27. The van der Waals surface area contributed by atoms with Crippen molar-refractivity contribution in [2.45, 2.75) is 6.54 Å². The third-order valence-corrected chi connectivity index (χ3v) is 3.50. The molecule has 0 aromatic heterocycles. The van der Waals surface area contributed by atoms with Crippen LogP contribution in [0.1, 0.15) is 26.3 Å². The molecule has 0 saturated carbocycles. The molecule has 1 amide bonds. The fraction of sp³-hybridized carbons (Fsp3) is 0.467. The summed E-state index contributed by atoms with van der Waals surface area (Å²) in [5.41, 5.74) is 2.01. The lowest BCUT2D eigenvalue weighted by atomic mass is 10.0. The van der Waals surface area contributed by atoms with Crippen molar-refractivity contribution in [1.29, 1.82) is 0 Å². The van der Waals surface area contributed by atoms with Gasteiger partial charge in [-0.15, -0.1) is 0 Å². The zero-order valence-corrected chi connectivity index (χ0v) is 12.1. The highest BCUT2D eigenvalue weighted by Gasteiger charge is 2.15. The van der Waals surface area contributed by atoms with Crippen LogP contribution < -0.4 is 5.32 Å². The summed E-state index contributed by atoms with van der Waals surface area (Å²) in [4.78, 5) is 27.0. The third kappa shape index (κ3) is 3.43. The number of hydrogen-bond donors (Lipinski definition) is 1. The summed E-state index contributed by atoms with van der Waals surface area (Å²) in [7, 11) is 3.39. The number of hydrogen-bond acceptors (Lipinski definition) is 4. The van der Waals surface area contributed by atoms with E-state index in [-0.39, 0.29) is 5.91 Å². The van der Waals surface area contributed by atoms with E-state index < -0.39 is 0 Å². The zero-order valence-electron chi connectivity index (χ0n) is 12.1. The molecule has 1 aromatic carbocycles.